The molecule has 0 aliphatic carbocycles. The Bertz CT molecular complexity index is 518. The van der Waals surface area contributed by atoms with Gasteiger partial charge in [-0.1, -0.05) is 0 Å². The summed E-state index contributed by atoms with van der Waals surface area (Å²) in [6.07, 6.45) is 7.66. The van der Waals surface area contributed by atoms with Crippen molar-refractivity contribution >= 4 is 11.5 Å². The number of hydrogen-bond donors (Lipinski definition) is 0. The molecule has 1 saturated heterocycles. The maximum absolute atomic E-state index is 5.22. The molecular formula is C12H17N5O. The van der Waals surface area contributed by atoms with Gasteiger partial charge in [0.25, 0.3) is 0 Å². The van der Waals surface area contributed by atoms with E-state index in [0.29, 0.717) is 5.92 Å². The van der Waals surface area contributed by atoms with E-state index in [1.165, 1.54) is 0 Å². The average Bonchev–Trinajstić information content (AvgIpc) is 2.88. The number of anilines is 1. The molecule has 0 spiro atoms. The molecule has 3 rings (SSSR count). The van der Waals surface area contributed by atoms with Crippen LogP contribution < -0.4 is 4.90 Å². The Labute approximate surface area is 106 Å². The van der Waals surface area contributed by atoms with Gasteiger partial charge in [0.1, 0.15) is 6.33 Å². The van der Waals surface area contributed by atoms with Crippen molar-refractivity contribution in [3.8, 4) is 0 Å². The normalized spacial score (nSPS) is 17.5. The van der Waals surface area contributed by atoms with Gasteiger partial charge in [-0.15, -0.1) is 10.2 Å². The molecule has 0 N–H and O–H groups in total. The Morgan fingerprint density at radius 3 is 3.00 bits per heavy atom. The molecule has 6 heteroatoms. The maximum atomic E-state index is 5.22. The third-order valence-corrected chi connectivity index (χ3v) is 3.51. The summed E-state index contributed by atoms with van der Waals surface area (Å²) in [4.78, 5) is 6.73. The van der Waals surface area contributed by atoms with Crippen LogP contribution in [-0.4, -0.2) is 46.4 Å². The van der Waals surface area contributed by atoms with Crippen molar-refractivity contribution in [1.82, 2.24) is 19.6 Å². The highest BCUT2D eigenvalue weighted by Gasteiger charge is 2.22. The number of ether oxygens (including phenoxy) is 1. The number of aromatic nitrogens is 4. The van der Waals surface area contributed by atoms with Gasteiger partial charge < -0.3 is 9.64 Å². The van der Waals surface area contributed by atoms with Crippen LogP contribution in [0.4, 0.5) is 5.82 Å². The molecule has 3 heterocycles. The number of fused-ring (bicyclic) bond motifs is 1. The largest absolute Gasteiger partial charge is 0.384 e. The van der Waals surface area contributed by atoms with E-state index in [0.717, 1.165) is 44.0 Å². The summed E-state index contributed by atoms with van der Waals surface area (Å²) in [5.41, 5.74) is 0.836. The topological polar surface area (TPSA) is 55.5 Å². The van der Waals surface area contributed by atoms with Gasteiger partial charge in [0.2, 0.25) is 5.65 Å². The third kappa shape index (κ3) is 2.03. The van der Waals surface area contributed by atoms with E-state index in [2.05, 4.69) is 20.1 Å². The minimum absolute atomic E-state index is 0.670. The number of methoxy groups -OCH3 is 1. The van der Waals surface area contributed by atoms with E-state index in [9.17, 15) is 0 Å². The molecule has 0 atom stereocenters. The van der Waals surface area contributed by atoms with Gasteiger partial charge in [-0.2, -0.15) is 0 Å². The summed E-state index contributed by atoms with van der Waals surface area (Å²) < 4.78 is 7.13. The molecule has 0 unspecified atom stereocenters. The molecule has 2 aromatic heterocycles. The molecule has 2 aromatic rings. The van der Waals surface area contributed by atoms with Crippen molar-refractivity contribution in [3.63, 3.8) is 0 Å². The fraction of sp³-hybridized carbons (Fsp3) is 0.583. The first-order valence-corrected chi connectivity index (χ1v) is 6.26. The van der Waals surface area contributed by atoms with Crippen LogP contribution in [0.15, 0.2) is 18.7 Å². The Hall–Kier alpha value is -1.69. The number of nitrogens with zero attached hydrogens (tertiary/aromatic N) is 5. The molecule has 96 valence electrons. The second-order valence-electron chi connectivity index (χ2n) is 4.70. The predicted octanol–water partition coefficient (Wildman–Crippen LogP) is 0.987. The van der Waals surface area contributed by atoms with Crippen LogP contribution in [0.2, 0.25) is 0 Å². The van der Waals surface area contributed by atoms with Gasteiger partial charge in [-0.25, -0.2) is 4.98 Å². The van der Waals surface area contributed by atoms with Gasteiger partial charge in [0, 0.05) is 39.2 Å². The molecule has 1 aliphatic rings. The Balaban J connectivity index is 1.78. The number of rotatable bonds is 3. The molecular weight excluding hydrogens is 230 g/mol. The lowest BCUT2D eigenvalue weighted by Gasteiger charge is -2.32. The van der Waals surface area contributed by atoms with Crippen molar-refractivity contribution in [2.75, 3.05) is 31.7 Å². The summed E-state index contributed by atoms with van der Waals surface area (Å²) in [5.74, 6) is 1.61. The quantitative estimate of drug-likeness (QED) is 0.809. The smallest absolute Gasteiger partial charge is 0.203 e. The SMILES string of the molecule is COCC1CCN(c2nccn3cnnc23)CC1. The lowest BCUT2D eigenvalue weighted by molar-refractivity contribution is 0.139. The summed E-state index contributed by atoms with van der Waals surface area (Å²) in [7, 11) is 1.77. The first-order chi connectivity index (χ1) is 8.88. The standard InChI is InChI=1S/C12H17N5O/c1-18-8-10-2-5-16(6-3-10)11-12-15-14-9-17(12)7-4-13-11/h4,7,9-10H,2-3,5-6,8H2,1H3. The molecule has 18 heavy (non-hydrogen) atoms. The lowest BCUT2D eigenvalue weighted by Crippen LogP contribution is -2.35. The van der Waals surface area contributed by atoms with Crippen LogP contribution in [0, 0.1) is 5.92 Å². The minimum Gasteiger partial charge on any atom is -0.384 e. The molecule has 6 nitrogen and oxygen atoms in total. The first-order valence-electron chi connectivity index (χ1n) is 6.26. The van der Waals surface area contributed by atoms with Gasteiger partial charge in [-0.3, -0.25) is 4.40 Å². The van der Waals surface area contributed by atoms with Crippen LogP contribution >= 0.6 is 0 Å². The van der Waals surface area contributed by atoms with Gasteiger partial charge in [-0.05, 0) is 18.8 Å². The Kier molecular flexibility index (Phi) is 3.10. The molecule has 0 radical (unpaired) electrons. The molecule has 0 saturated carbocycles. The second-order valence-corrected chi connectivity index (χ2v) is 4.70. The highest BCUT2D eigenvalue weighted by atomic mass is 16.5. The van der Waals surface area contributed by atoms with Crippen molar-refractivity contribution in [2.45, 2.75) is 12.8 Å². The zero-order valence-electron chi connectivity index (χ0n) is 10.5. The molecule has 0 aromatic carbocycles. The highest BCUT2D eigenvalue weighted by molar-refractivity contribution is 5.63. The number of hydrogen-bond acceptors (Lipinski definition) is 5. The first kappa shape index (κ1) is 11.4. The van der Waals surface area contributed by atoms with E-state index < -0.39 is 0 Å². The van der Waals surface area contributed by atoms with Crippen LogP contribution in [0.3, 0.4) is 0 Å². The van der Waals surface area contributed by atoms with E-state index >= 15 is 0 Å². The Morgan fingerprint density at radius 2 is 2.22 bits per heavy atom. The zero-order valence-corrected chi connectivity index (χ0v) is 10.5. The van der Waals surface area contributed by atoms with E-state index in [1.807, 2.05) is 10.6 Å². The van der Waals surface area contributed by atoms with Crippen LogP contribution in [0.5, 0.6) is 0 Å². The summed E-state index contributed by atoms with van der Waals surface area (Å²) in [6.45, 7) is 2.87. The van der Waals surface area contributed by atoms with Crippen LogP contribution in [0.25, 0.3) is 5.65 Å². The number of piperidine rings is 1. The summed E-state index contributed by atoms with van der Waals surface area (Å²) in [5, 5.41) is 8.06. The van der Waals surface area contributed by atoms with E-state index in [4.69, 9.17) is 4.74 Å². The molecule has 1 fully saturated rings. The van der Waals surface area contributed by atoms with Crippen LogP contribution in [0.1, 0.15) is 12.8 Å². The van der Waals surface area contributed by atoms with Gasteiger partial charge in [0.15, 0.2) is 5.82 Å². The summed E-state index contributed by atoms with van der Waals surface area (Å²) >= 11 is 0. The second kappa shape index (κ2) is 4.89. The van der Waals surface area contributed by atoms with Crippen LogP contribution in [-0.2, 0) is 4.74 Å². The monoisotopic (exact) mass is 247 g/mol. The fourth-order valence-corrected chi connectivity index (χ4v) is 2.52. The molecule has 0 bridgehead atoms. The molecule has 1 aliphatic heterocycles. The third-order valence-electron chi connectivity index (χ3n) is 3.51. The predicted molar refractivity (Wildman–Crippen MR) is 67.6 cm³/mol. The van der Waals surface area contributed by atoms with E-state index in [-0.39, 0.29) is 0 Å². The lowest BCUT2D eigenvalue weighted by atomic mass is 9.98. The molecule has 0 amide bonds. The van der Waals surface area contributed by atoms with Crippen molar-refractivity contribution in [1.29, 1.82) is 0 Å². The minimum atomic E-state index is 0.670. The highest BCUT2D eigenvalue weighted by Crippen LogP contribution is 2.23. The van der Waals surface area contributed by atoms with E-state index in [1.54, 1.807) is 19.6 Å². The van der Waals surface area contributed by atoms with Gasteiger partial charge in [0.05, 0.1) is 0 Å². The average molecular weight is 247 g/mol. The van der Waals surface area contributed by atoms with Crippen molar-refractivity contribution < 1.29 is 4.74 Å². The fourth-order valence-electron chi connectivity index (χ4n) is 2.52. The Morgan fingerprint density at radius 1 is 1.39 bits per heavy atom. The summed E-state index contributed by atoms with van der Waals surface area (Å²) in [6, 6.07) is 0. The maximum Gasteiger partial charge on any atom is 0.203 e. The van der Waals surface area contributed by atoms with Crippen molar-refractivity contribution in [3.05, 3.63) is 18.7 Å². The van der Waals surface area contributed by atoms with Crippen molar-refractivity contribution in [2.24, 2.45) is 5.92 Å². The zero-order chi connectivity index (χ0) is 12.4. The van der Waals surface area contributed by atoms with Gasteiger partial charge >= 0.3 is 0 Å².